The van der Waals surface area contributed by atoms with Gasteiger partial charge in [0.15, 0.2) is 6.61 Å². The lowest BCUT2D eigenvalue weighted by atomic mass is 10.2. The molecule has 0 N–H and O–H groups in total. The lowest BCUT2D eigenvalue weighted by Crippen LogP contribution is -2.22. The predicted molar refractivity (Wildman–Crippen MR) is 93.6 cm³/mol. The Balaban J connectivity index is 1.96. The Labute approximate surface area is 157 Å². The smallest absolute Gasteiger partial charge is 0.422 e. The fourth-order valence-electron chi connectivity index (χ4n) is 2.35. The molecule has 0 saturated heterocycles. The first-order chi connectivity index (χ1) is 13.4. The lowest BCUT2D eigenvalue weighted by Gasteiger charge is -2.14. The first-order valence-corrected chi connectivity index (χ1v) is 8.20. The molecule has 0 spiro atoms. The van der Waals surface area contributed by atoms with E-state index in [9.17, 15) is 18.0 Å². The van der Waals surface area contributed by atoms with Gasteiger partial charge in [0, 0.05) is 12.3 Å². The van der Waals surface area contributed by atoms with Crippen LogP contribution in [0.1, 0.15) is 6.92 Å². The lowest BCUT2D eigenvalue weighted by molar-refractivity contribution is -0.153. The number of ether oxygens (including phenoxy) is 2. The molecule has 10 heteroatoms. The van der Waals surface area contributed by atoms with Crippen molar-refractivity contribution in [1.82, 2.24) is 19.5 Å². The molecule has 2 heterocycles. The van der Waals surface area contributed by atoms with E-state index in [0.29, 0.717) is 17.1 Å². The van der Waals surface area contributed by atoms with Crippen molar-refractivity contribution in [3.05, 3.63) is 59.3 Å². The number of hydrogen-bond donors (Lipinski definition) is 0. The van der Waals surface area contributed by atoms with Crippen LogP contribution in [0.3, 0.4) is 0 Å². The van der Waals surface area contributed by atoms with Gasteiger partial charge in [-0.25, -0.2) is 14.5 Å². The maximum absolute atomic E-state index is 12.7. The average molecular weight is 392 g/mol. The van der Waals surface area contributed by atoms with Crippen LogP contribution in [0.2, 0.25) is 0 Å². The highest BCUT2D eigenvalue weighted by Crippen LogP contribution is 2.22. The van der Waals surface area contributed by atoms with Gasteiger partial charge in [-0.15, -0.1) is 0 Å². The van der Waals surface area contributed by atoms with Gasteiger partial charge in [-0.1, -0.05) is 0 Å². The number of halogens is 3. The van der Waals surface area contributed by atoms with Crippen molar-refractivity contribution in [1.29, 1.82) is 0 Å². The molecule has 0 fully saturated rings. The van der Waals surface area contributed by atoms with Gasteiger partial charge < -0.3 is 9.47 Å². The Bertz CT molecular complexity index is 990. The second-order valence-electron chi connectivity index (χ2n) is 5.52. The quantitative estimate of drug-likeness (QED) is 0.642. The highest BCUT2D eigenvalue weighted by molar-refractivity contribution is 5.54. The summed E-state index contributed by atoms with van der Waals surface area (Å²) in [7, 11) is 0. The monoisotopic (exact) mass is 392 g/mol. The van der Waals surface area contributed by atoms with Crippen molar-refractivity contribution in [2.24, 2.45) is 0 Å². The Morgan fingerprint density at radius 2 is 1.82 bits per heavy atom. The van der Waals surface area contributed by atoms with Gasteiger partial charge in [-0.2, -0.15) is 18.2 Å². The zero-order valence-electron chi connectivity index (χ0n) is 14.7. The number of benzene rings is 1. The minimum absolute atomic E-state index is 0.0256. The van der Waals surface area contributed by atoms with Crippen molar-refractivity contribution in [3.8, 4) is 28.8 Å². The molecule has 1 aromatic carbocycles. The summed E-state index contributed by atoms with van der Waals surface area (Å²) in [5.74, 6) is 0.0256. The van der Waals surface area contributed by atoms with E-state index < -0.39 is 18.3 Å². The molecule has 0 unspecified atom stereocenters. The van der Waals surface area contributed by atoms with Gasteiger partial charge in [0.2, 0.25) is 0 Å². The van der Waals surface area contributed by atoms with Crippen LogP contribution in [0.4, 0.5) is 13.2 Å². The fourth-order valence-corrected chi connectivity index (χ4v) is 2.35. The molecule has 0 bridgehead atoms. The van der Waals surface area contributed by atoms with Crippen LogP contribution in [-0.2, 0) is 0 Å². The van der Waals surface area contributed by atoms with Crippen molar-refractivity contribution in [3.63, 3.8) is 0 Å². The van der Waals surface area contributed by atoms with Crippen LogP contribution in [-0.4, -0.2) is 38.9 Å². The van der Waals surface area contributed by atoms with E-state index in [-0.39, 0.29) is 18.4 Å². The normalized spacial score (nSPS) is 11.3. The van der Waals surface area contributed by atoms with Crippen LogP contribution in [0, 0.1) is 0 Å². The van der Waals surface area contributed by atoms with Crippen LogP contribution in [0.15, 0.2) is 53.7 Å². The van der Waals surface area contributed by atoms with E-state index >= 15 is 0 Å². The molecular formula is C18H15F3N4O3. The maximum atomic E-state index is 12.7. The zero-order chi connectivity index (χ0) is 20.1. The molecule has 0 aliphatic carbocycles. The summed E-state index contributed by atoms with van der Waals surface area (Å²) in [6.07, 6.45) is -1.57. The summed E-state index contributed by atoms with van der Waals surface area (Å²) in [5.41, 5.74) is 0.707. The summed E-state index contributed by atoms with van der Waals surface area (Å²) in [4.78, 5) is 24.9. The van der Waals surface area contributed by atoms with Gasteiger partial charge >= 0.3 is 12.2 Å². The molecule has 7 nitrogen and oxygen atoms in total. The first kappa shape index (κ1) is 19.3. The van der Waals surface area contributed by atoms with Gasteiger partial charge in [0.25, 0.3) is 5.56 Å². The summed E-state index contributed by atoms with van der Waals surface area (Å²) in [6.45, 7) is 0.597. The van der Waals surface area contributed by atoms with Crippen LogP contribution in [0.5, 0.6) is 11.8 Å². The number of nitrogens with zero attached hydrogens (tertiary/aromatic N) is 4. The molecule has 0 atom stereocenters. The largest absolute Gasteiger partial charge is 0.484 e. The number of alkyl halides is 3. The van der Waals surface area contributed by atoms with E-state index in [1.807, 2.05) is 0 Å². The molecule has 3 aromatic rings. The summed E-state index contributed by atoms with van der Waals surface area (Å²) in [5, 5.41) is 0. The Hall–Kier alpha value is -3.43. The third-order valence-corrected chi connectivity index (χ3v) is 3.50. The maximum Gasteiger partial charge on any atom is 0.422 e. The zero-order valence-corrected chi connectivity index (χ0v) is 14.7. The Morgan fingerprint density at radius 1 is 1.07 bits per heavy atom. The average Bonchev–Trinajstić information content (AvgIpc) is 2.67. The predicted octanol–water partition coefficient (Wildman–Crippen LogP) is 3.03. The molecule has 3 rings (SSSR count). The summed E-state index contributed by atoms with van der Waals surface area (Å²) < 4.78 is 48.1. The minimum atomic E-state index is -4.43. The number of hydrogen-bond acceptors (Lipinski definition) is 6. The Morgan fingerprint density at radius 3 is 2.43 bits per heavy atom. The fraction of sp³-hybridized carbons (Fsp3) is 0.222. The minimum Gasteiger partial charge on any atom is -0.484 e. The molecule has 28 heavy (non-hydrogen) atoms. The topological polar surface area (TPSA) is 79.1 Å². The van der Waals surface area contributed by atoms with Crippen LogP contribution >= 0.6 is 0 Å². The number of rotatable bonds is 6. The first-order valence-electron chi connectivity index (χ1n) is 8.20. The third-order valence-electron chi connectivity index (χ3n) is 3.50. The molecule has 0 amide bonds. The van der Waals surface area contributed by atoms with E-state index in [1.54, 1.807) is 13.0 Å². The standard InChI is InChI=1S/C18H15F3N4O3/c1-2-27-17-24-15(14-7-8-22-11-23-14)9-16(26)25(17)12-3-5-13(6-4-12)28-10-18(19,20)21/h3-9,11H,2,10H2,1H3. The molecule has 0 aliphatic rings. The van der Waals surface area contributed by atoms with Crippen LogP contribution < -0.4 is 15.0 Å². The van der Waals surface area contributed by atoms with Gasteiger partial charge in [-0.05, 0) is 37.3 Å². The molecule has 0 saturated carbocycles. The van der Waals surface area contributed by atoms with E-state index in [4.69, 9.17) is 4.74 Å². The van der Waals surface area contributed by atoms with E-state index in [2.05, 4.69) is 19.7 Å². The van der Waals surface area contributed by atoms with Crippen molar-refractivity contribution in [2.75, 3.05) is 13.2 Å². The highest BCUT2D eigenvalue weighted by Gasteiger charge is 2.28. The summed E-state index contributed by atoms with van der Waals surface area (Å²) in [6, 6.07) is 8.49. The second-order valence-corrected chi connectivity index (χ2v) is 5.52. The van der Waals surface area contributed by atoms with E-state index in [0.717, 1.165) is 0 Å². The Kier molecular flexibility index (Phi) is 5.57. The van der Waals surface area contributed by atoms with Gasteiger partial charge in [0.1, 0.15) is 12.1 Å². The second kappa shape index (κ2) is 8.07. The molecular weight excluding hydrogens is 377 g/mol. The highest BCUT2D eigenvalue weighted by atomic mass is 19.4. The van der Waals surface area contributed by atoms with Gasteiger partial charge in [-0.3, -0.25) is 4.79 Å². The molecule has 0 radical (unpaired) electrons. The molecule has 146 valence electrons. The van der Waals surface area contributed by atoms with Gasteiger partial charge in [0.05, 0.1) is 23.7 Å². The van der Waals surface area contributed by atoms with Crippen molar-refractivity contribution < 1.29 is 22.6 Å². The van der Waals surface area contributed by atoms with Crippen LogP contribution in [0.25, 0.3) is 17.1 Å². The van der Waals surface area contributed by atoms with Crippen molar-refractivity contribution in [2.45, 2.75) is 13.1 Å². The molecule has 2 aromatic heterocycles. The number of aromatic nitrogens is 4. The molecule has 0 aliphatic heterocycles. The van der Waals surface area contributed by atoms with Crippen molar-refractivity contribution >= 4 is 0 Å². The SMILES string of the molecule is CCOc1nc(-c2ccncn2)cc(=O)n1-c1ccc(OCC(F)(F)F)cc1. The summed E-state index contributed by atoms with van der Waals surface area (Å²) >= 11 is 0. The third kappa shape index (κ3) is 4.64. The van der Waals surface area contributed by atoms with E-state index in [1.165, 1.54) is 47.4 Å².